The number of sulfonamides is 1. The average Bonchev–Trinajstić information content (AvgIpc) is 1.85. The maximum atomic E-state index is 11.7. The molecular formula is C6H12FNO3S. The zero-order chi connectivity index (χ0) is 9.99. The summed E-state index contributed by atoms with van der Waals surface area (Å²) in [7, 11) is -4.07. The normalized spacial score (nSPS) is 12.7. The fourth-order valence-electron chi connectivity index (χ4n) is 0.322. The molecule has 1 N–H and O–H groups in total. The molecule has 0 aromatic rings. The van der Waals surface area contributed by atoms with Crippen molar-refractivity contribution in [3.8, 4) is 0 Å². The van der Waals surface area contributed by atoms with Gasteiger partial charge in [0.25, 0.3) is 10.0 Å². The van der Waals surface area contributed by atoms with E-state index in [9.17, 15) is 17.6 Å². The summed E-state index contributed by atoms with van der Waals surface area (Å²) in [5, 5.41) is 0. The van der Waals surface area contributed by atoms with Gasteiger partial charge in [0.2, 0.25) is 11.9 Å². The van der Waals surface area contributed by atoms with E-state index in [0.29, 0.717) is 0 Å². The Morgan fingerprint density at radius 2 is 1.83 bits per heavy atom. The Labute approximate surface area is 71.2 Å². The molecule has 0 aromatic heterocycles. The molecule has 0 aromatic carbocycles. The SMILES string of the molecule is CC(C)(C)C(=O)NS(=O)(=O)CF. The number of rotatable bonds is 2. The van der Waals surface area contributed by atoms with Gasteiger partial charge in [-0.2, -0.15) is 0 Å². The van der Waals surface area contributed by atoms with E-state index >= 15 is 0 Å². The second-order valence-electron chi connectivity index (χ2n) is 3.41. The van der Waals surface area contributed by atoms with Crippen LogP contribution < -0.4 is 4.72 Å². The monoisotopic (exact) mass is 197 g/mol. The molecule has 0 unspecified atom stereocenters. The van der Waals surface area contributed by atoms with Gasteiger partial charge in [0.05, 0.1) is 0 Å². The molecule has 0 spiro atoms. The summed E-state index contributed by atoms with van der Waals surface area (Å²) in [6.07, 6.45) is 0. The molecule has 0 aliphatic carbocycles. The van der Waals surface area contributed by atoms with Crippen LogP contribution >= 0.6 is 0 Å². The highest BCUT2D eigenvalue weighted by atomic mass is 32.2. The third kappa shape index (κ3) is 3.66. The number of hydrogen-bond acceptors (Lipinski definition) is 3. The summed E-state index contributed by atoms with van der Waals surface area (Å²) >= 11 is 0. The zero-order valence-corrected chi connectivity index (χ0v) is 8.03. The van der Waals surface area contributed by atoms with Crippen molar-refractivity contribution in [1.29, 1.82) is 0 Å². The maximum absolute atomic E-state index is 11.7. The van der Waals surface area contributed by atoms with Crippen molar-refractivity contribution in [3.05, 3.63) is 0 Å². The molecule has 6 heteroatoms. The molecule has 0 atom stereocenters. The number of alkyl halides is 1. The van der Waals surface area contributed by atoms with Gasteiger partial charge in [-0.15, -0.1) is 0 Å². The molecule has 12 heavy (non-hydrogen) atoms. The number of carbonyl (C=O) groups is 1. The van der Waals surface area contributed by atoms with Gasteiger partial charge < -0.3 is 0 Å². The van der Waals surface area contributed by atoms with Gasteiger partial charge in [-0.05, 0) is 0 Å². The van der Waals surface area contributed by atoms with Crippen molar-refractivity contribution in [2.45, 2.75) is 20.8 Å². The second kappa shape index (κ2) is 3.38. The van der Waals surface area contributed by atoms with Gasteiger partial charge in [0.15, 0.2) is 0 Å². The van der Waals surface area contributed by atoms with Crippen LogP contribution in [0.4, 0.5) is 4.39 Å². The smallest absolute Gasteiger partial charge is 0.264 e. The van der Waals surface area contributed by atoms with Crippen molar-refractivity contribution in [2.24, 2.45) is 5.41 Å². The van der Waals surface area contributed by atoms with E-state index in [4.69, 9.17) is 0 Å². The molecule has 72 valence electrons. The molecule has 0 rings (SSSR count). The first-order valence-corrected chi connectivity index (χ1v) is 4.95. The third-order valence-electron chi connectivity index (χ3n) is 1.07. The Hall–Kier alpha value is -0.650. The molecule has 0 saturated heterocycles. The van der Waals surface area contributed by atoms with Crippen LogP contribution in [0, 0.1) is 5.41 Å². The van der Waals surface area contributed by atoms with E-state index in [-0.39, 0.29) is 0 Å². The largest absolute Gasteiger partial charge is 0.273 e. The molecule has 0 radical (unpaired) electrons. The minimum atomic E-state index is -4.07. The van der Waals surface area contributed by atoms with Crippen molar-refractivity contribution in [1.82, 2.24) is 4.72 Å². The standard InChI is InChI=1S/C6H12FNO3S/c1-6(2,3)5(9)8-12(10,11)4-7/h4H2,1-3H3,(H,8,9). The highest BCUT2D eigenvalue weighted by molar-refractivity contribution is 7.89. The molecule has 0 fully saturated rings. The summed E-state index contributed by atoms with van der Waals surface area (Å²) in [5.41, 5.74) is -0.831. The predicted molar refractivity (Wildman–Crippen MR) is 42.5 cm³/mol. The summed E-state index contributed by atoms with van der Waals surface area (Å²) in [6, 6.07) is -1.57. The Bertz CT molecular complexity index is 265. The van der Waals surface area contributed by atoms with Crippen LogP contribution in [0.25, 0.3) is 0 Å². The molecule has 0 bridgehead atoms. The Kier molecular flexibility index (Phi) is 3.20. The summed E-state index contributed by atoms with van der Waals surface area (Å²) in [6.45, 7) is 4.61. The lowest BCUT2D eigenvalue weighted by atomic mass is 9.96. The molecule has 0 heterocycles. The van der Waals surface area contributed by atoms with Gasteiger partial charge in [-0.3, -0.25) is 9.52 Å². The maximum Gasteiger partial charge on any atom is 0.264 e. The molecule has 0 aliphatic heterocycles. The summed E-state index contributed by atoms with van der Waals surface area (Å²) < 4.78 is 34.4. The van der Waals surface area contributed by atoms with E-state index < -0.39 is 27.4 Å². The highest BCUT2D eigenvalue weighted by Gasteiger charge is 2.25. The van der Waals surface area contributed by atoms with Crippen molar-refractivity contribution in [2.75, 3.05) is 6.01 Å². The summed E-state index contributed by atoms with van der Waals surface area (Å²) in [5.74, 6) is -0.708. The van der Waals surface area contributed by atoms with E-state index in [1.165, 1.54) is 20.8 Å². The molecular weight excluding hydrogens is 185 g/mol. The van der Waals surface area contributed by atoms with Gasteiger partial charge >= 0.3 is 0 Å². The van der Waals surface area contributed by atoms with Gasteiger partial charge in [0.1, 0.15) is 0 Å². The number of nitrogens with one attached hydrogen (secondary N) is 1. The lowest BCUT2D eigenvalue weighted by Crippen LogP contribution is -2.39. The number of hydrogen-bond donors (Lipinski definition) is 1. The van der Waals surface area contributed by atoms with E-state index in [1.54, 1.807) is 4.72 Å². The Balaban J connectivity index is 4.42. The Morgan fingerprint density at radius 1 is 1.42 bits per heavy atom. The molecule has 1 amide bonds. The second-order valence-corrected chi connectivity index (χ2v) is 5.06. The van der Waals surface area contributed by atoms with Gasteiger partial charge in [-0.25, -0.2) is 12.8 Å². The quantitative estimate of drug-likeness (QED) is 0.697. The minimum absolute atomic E-state index is 0.708. The van der Waals surface area contributed by atoms with Crippen LogP contribution in [0.5, 0.6) is 0 Å². The molecule has 0 saturated carbocycles. The third-order valence-corrected chi connectivity index (χ3v) is 1.86. The topological polar surface area (TPSA) is 63.2 Å². The lowest BCUT2D eigenvalue weighted by molar-refractivity contribution is -0.126. The number of amides is 1. The van der Waals surface area contributed by atoms with Crippen molar-refractivity contribution >= 4 is 15.9 Å². The molecule has 0 aliphatic rings. The van der Waals surface area contributed by atoms with Crippen molar-refractivity contribution in [3.63, 3.8) is 0 Å². The van der Waals surface area contributed by atoms with Crippen LogP contribution in [0.1, 0.15) is 20.8 Å². The van der Waals surface area contributed by atoms with Crippen LogP contribution in [0.3, 0.4) is 0 Å². The van der Waals surface area contributed by atoms with E-state index in [1.807, 2.05) is 0 Å². The van der Waals surface area contributed by atoms with Crippen LogP contribution in [-0.2, 0) is 14.8 Å². The zero-order valence-electron chi connectivity index (χ0n) is 7.22. The first-order chi connectivity index (χ1) is 5.19. The minimum Gasteiger partial charge on any atom is -0.273 e. The van der Waals surface area contributed by atoms with Crippen LogP contribution in [0.15, 0.2) is 0 Å². The highest BCUT2D eigenvalue weighted by Crippen LogP contribution is 2.12. The van der Waals surface area contributed by atoms with Crippen LogP contribution in [-0.4, -0.2) is 20.3 Å². The fourth-order valence-corrected chi connectivity index (χ4v) is 0.965. The summed E-state index contributed by atoms with van der Waals surface area (Å²) in [4.78, 5) is 11.0. The lowest BCUT2D eigenvalue weighted by Gasteiger charge is -2.16. The van der Waals surface area contributed by atoms with Crippen LogP contribution in [0.2, 0.25) is 0 Å². The number of carbonyl (C=O) groups excluding carboxylic acids is 1. The predicted octanol–water partition coefficient (Wildman–Crippen LogP) is 0.406. The van der Waals surface area contributed by atoms with Crippen molar-refractivity contribution < 1.29 is 17.6 Å². The first kappa shape index (κ1) is 11.4. The molecule has 4 nitrogen and oxygen atoms in total. The van der Waals surface area contributed by atoms with E-state index in [0.717, 1.165) is 0 Å². The average molecular weight is 197 g/mol. The van der Waals surface area contributed by atoms with Gasteiger partial charge in [-0.1, -0.05) is 20.8 Å². The van der Waals surface area contributed by atoms with Gasteiger partial charge in [0, 0.05) is 5.41 Å². The fraction of sp³-hybridized carbons (Fsp3) is 0.833. The first-order valence-electron chi connectivity index (χ1n) is 3.30. The van der Waals surface area contributed by atoms with E-state index in [2.05, 4.69) is 0 Å². The number of halogens is 1. The Morgan fingerprint density at radius 3 is 2.08 bits per heavy atom.